The van der Waals surface area contributed by atoms with Gasteiger partial charge in [0.05, 0.1) is 19.1 Å². The summed E-state index contributed by atoms with van der Waals surface area (Å²) >= 11 is 0. The van der Waals surface area contributed by atoms with E-state index in [0.717, 1.165) is 17.0 Å². The van der Waals surface area contributed by atoms with Crippen LogP contribution in [0.3, 0.4) is 0 Å². The smallest absolute Gasteiger partial charge is 0.330 e. The summed E-state index contributed by atoms with van der Waals surface area (Å²) in [6, 6.07) is 10.6. The number of furan rings is 1. The van der Waals surface area contributed by atoms with E-state index in [0.29, 0.717) is 12.2 Å². The predicted octanol–water partition coefficient (Wildman–Crippen LogP) is 3.09. The molecule has 7 heteroatoms. The standard InChI is InChI=1S/C20H20N2O5/c1-3-5-20(24)27-13-19(23)22-17(18-6-4-11-26-18)12-16(21-22)14-7-9-15(25-2)10-8-14/h3-11,17H,12-13H2,1-2H3/b5-3+. The van der Waals surface area contributed by atoms with Crippen LogP contribution in [-0.2, 0) is 14.3 Å². The van der Waals surface area contributed by atoms with E-state index in [2.05, 4.69) is 5.10 Å². The Morgan fingerprint density at radius 3 is 2.70 bits per heavy atom. The number of hydrogen-bond acceptors (Lipinski definition) is 6. The lowest BCUT2D eigenvalue weighted by atomic mass is 10.0. The monoisotopic (exact) mass is 368 g/mol. The summed E-state index contributed by atoms with van der Waals surface area (Å²) < 4.78 is 15.6. The first-order valence-corrected chi connectivity index (χ1v) is 8.49. The van der Waals surface area contributed by atoms with Crippen LogP contribution in [0.25, 0.3) is 0 Å². The molecule has 27 heavy (non-hydrogen) atoms. The minimum Gasteiger partial charge on any atom is -0.497 e. The number of methoxy groups -OCH3 is 1. The fraction of sp³-hybridized carbons (Fsp3) is 0.250. The molecule has 0 aliphatic carbocycles. The first-order chi connectivity index (χ1) is 13.1. The van der Waals surface area contributed by atoms with Crippen molar-refractivity contribution in [1.29, 1.82) is 0 Å². The lowest BCUT2D eigenvalue weighted by molar-refractivity contribution is -0.149. The highest BCUT2D eigenvalue weighted by Gasteiger charge is 2.35. The molecule has 3 rings (SSSR count). The van der Waals surface area contributed by atoms with Crippen molar-refractivity contribution in [3.8, 4) is 5.75 Å². The molecule has 140 valence electrons. The number of carbonyl (C=O) groups excluding carboxylic acids is 2. The highest BCUT2D eigenvalue weighted by Crippen LogP contribution is 2.33. The van der Waals surface area contributed by atoms with Crippen LogP contribution in [0.4, 0.5) is 0 Å². The van der Waals surface area contributed by atoms with E-state index in [1.54, 1.807) is 38.5 Å². The maximum Gasteiger partial charge on any atom is 0.330 e. The molecular weight excluding hydrogens is 348 g/mol. The zero-order valence-corrected chi connectivity index (χ0v) is 15.1. The van der Waals surface area contributed by atoms with E-state index in [1.165, 1.54) is 11.1 Å². The largest absolute Gasteiger partial charge is 0.497 e. The van der Waals surface area contributed by atoms with Crippen molar-refractivity contribution >= 4 is 17.6 Å². The van der Waals surface area contributed by atoms with Crippen molar-refractivity contribution in [2.75, 3.05) is 13.7 Å². The van der Waals surface area contributed by atoms with E-state index in [9.17, 15) is 9.59 Å². The van der Waals surface area contributed by atoms with Gasteiger partial charge in [-0.05, 0) is 48.9 Å². The Hall–Kier alpha value is -3.35. The first kappa shape index (κ1) is 18.4. The van der Waals surface area contributed by atoms with Crippen molar-refractivity contribution in [3.63, 3.8) is 0 Å². The Morgan fingerprint density at radius 1 is 1.30 bits per heavy atom. The van der Waals surface area contributed by atoms with Crippen LogP contribution in [0.2, 0.25) is 0 Å². The van der Waals surface area contributed by atoms with E-state index in [4.69, 9.17) is 13.9 Å². The topological polar surface area (TPSA) is 81.3 Å². The number of carbonyl (C=O) groups is 2. The summed E-state index contributed by atoms with van der Waals surface area (Å²) in [6.45, 7) is 1.31. The molecule has 0 fully saturated rings. The van der Waals surface area contributed by atoms with Gasteiger partial charge in [0.1, 0.15) is 17.6 Å². The van der Waals surface area contributed by atoms with E-state index >= 15 is 0 Å². The zero-order chi connectivity index (χ0) is 19.2. The van der Waals surface area contributed by atoms with E-state index in [-0.39, 0.29) is 12.6 Å². The van der Waals surface area contributed by atoms with Crippen molar-refractivity contribution < 1.29 is 23.5 Å². The number of allylic oxidation sites excluding steroid dienone is 1. The van der Waals surface area contributed by atoms with Crippen LogP contribution in [-0.4, -0.2) is 36.3 Å². The molecule has 0 saturated carbocycles. The molecule has 1 aliphatic heterocycles. The molecule has 1 atom stereocenters. The second-order valence-corrected chi connectivity index (χ2v) is 5.86. The normalized spacial score (nSPS) is 16.4. The fourth-order valence-corrected chi connectivity index (χ4v) is 2.78. The average Bonchev–Trinajstić information content (AvgIpc) is 3.36. The Balaban J connectivity index is 1.81. The lowest BCUT2D eigenvalue weighted by Crippen LogP contribution is -2.31. The first-order valence-electron chi connectivity index (χ1n) is 8.49. The van der Waals surface area contributed by atoms with Gasteiger partial charge in [-0.1, -0.05) is 6.08 Å². The van der Waals surface area contributed by atoms with Crippen LogP contribution in [0.15, 0.2) is 64.3 Å². The number of esters is 1. The fourth-order valence-electron chi connectivity index (χ4n) is 2.78. The molecule has 1 aromatic carbocycles. The second-order valence-electron chi connectivity index (χ2n) is 5.86. The van der Waals surface area contributed by atoms with Crippen LogP contribution in [0, 0.1) is 0 Å². The summed E-state index contributed by atoms with van der Waals surface area (Å²) in [6.07, 6.45) is 4.85. The summed E-state index contributed by atoms with van der Waals surface area (Å²) in [7, 11) is 1.60. The molecule has 0 radical (unpaired) electrons. The number of hydrogen-bond donors (Lipinski definition) is 0. The molecule has 1 aliphatic rings. The molecule has 1 aromatic heterocycles. The molecule has 0 bridgehead atoms. The molecule has 1 unspecified atom stereocenters. The van der Waals surface area contributed by atoms with Gasteiger partial charge >= 0.3 is 5.97 Å². The van der Waals surface area contributed by atoms with Crippen molar-refractivity contribution in [2.45, 2.75) is 19.4 Å². The molecular formula is C20H20N2O5. The number of ether oxygens (including phenoxy) is 2. The molecule has 0 N–H and O–H groups in total. The molecule has 0 spiro atoms. The number of amides is 1. The van der Waals surface area contributed by atoms with E-state index < -0.39 is 11.9 Å². The minimum absolute atomic E-state index is 0.384. The lowest BCUT2D eigenvalue weighted by Gasteiger charge is -2.19. The molecule has 7 nitrogen and oxygen atoms in total. The predicted molar refractivity (Wildman–Crippen MR) is 98.2 cm³/mol. The summed E-state index contributed by atoms with van der Waals surface area (Å²) in [5.41, 5.74) is 1.63. The Labute approximate surface area is 156 Å². The molecule has 1 amide bonds. The zero-order valence-electron chi connectivity index (χ0n) is 15.1. The van der Waals surface area contributed by atoms with Gasteiger partial charge in [0.25, 0.3) is 5.91 Å². The number of rotatable bonds is 6. The van der Waals surface area contributed by atoms with Crippen LogP contribution >= 0.6 is 0 Å². The van der Waals surface area contributed by atoms with Crippen LogP contribution < -0.4 is 4.74 Å². The van der Waals surface area contributed by atoms with Crippen LogP contribution in [0.5, 0.6) is 5.75 Å². The summed E-state index contributed by atoms with van der Waals surface area (Å²) in [5, 5.41) is 5.79. The highest BCUT2D eigenvalue weighted by molar-refractivity contribution is 6.03. The third kappa shape index (κ3) is 4.25. The Bertz CT molecular complexity index is 853. The maximum atomic E-state index is 12.6. The highest BCUT2D eigenvalue weighted by atomic mass is 16.5. The molecule has 2 aromatic rings. The van der Waals surface area contributed by atoms with Crippen molar-refractivity contribution in [1.82, 2.24) is 5.01 Å². The third-order valence-corrected chi connectivity index (χ3v) is 4.10. The Morgan fingerprint density at radius 2 is 2.07 bits per heavy atom. The minimum atomic E-state index is -0.570. The number of nitrogens with zero attached hydrogens (tertiary/aromatic N) is 2. The summed E-state index contributed by atoms with van der Waals surface area (Å²) in [4.78, 5) is 24.1. The van der Waals surface area contributed by atoms with Gasteiger partial charge in [0, 0.05) is 12.5 Å². The number of benzene rings is 1. The maximum absolute atomic E-state index is 12.6. The average molecular weight is 368 g/mol. The second kappa shape index (κ2) is 8.35. The van der Waals surface area contributed by atoms with Gasteiger partial charge in [0.2, 0.25) is 0 Å². The Kier molecular flexibility index (Phi) is 5.71. The quantitative estimate of drug-likeness (QED) is 0.578. The van der Waals surface area contributed by atoms with Gasteiger partial charge in [-0.15, -0.1) is 0 Å². The van der Waals surface area contributed by atoms with Gasteiger partial charge in [0.15, 0.2) is 6.61 Å². The van der Waals surface area contributed by atoms with Gasteiger partial charge in [-0.2, -0.15) is 5.10 Å². The van der Waals surface area contributed by atoms with Gasteiger partial charge in [-0.3, -0.25) is 4.79 Å². The molecule has 0 saturated heterocycles. The SMILES string of the molecule is C/C=C/C(=O)OCC(=O)N1N=C(c2ccc(OC)cc2)CC1c1ccco1. The van der Waals surface area contributed by atoms with Gasteiger partial charge < -0.3 is 13.9 Å². The third-order valence-electron chi connectivity index (χ3n) is 4.10. The van der Waals surface area contributed by atoms with E-state index in [1.807, 2.05) is 24.3 Å². The van der Waals surface area contributed by atoms with Crippen LogP contribution in [0.1, 0.15) is 30.7 Å². The number of hydrazone groups is 1. The van der Waals surface area contributed by atoms with Crippen molar-refractivity contribution in [3.05, 3.63) is 66.1 Å². The van der Waals surface area contributed by atoms with Crippen molar-refractivity contribution in [2.24, 2.45) is 5.10 Å². The molecule has 2 heterocycles. The van der Waals surface area contributed by atoms with Gasteiger partial charge in [-0.25, -0.2) is 9.80 Å². The summed E-state index contributed by atoms with van der Waals surface area (Å²) in [5.74, 6) is 0.371.